The van der Waals surface area contributed by atoms with Crippen LogP contribution in [0, 0.1) is 23.2 Å². The summed E-state index contributed by atoms with van der Waals surface area (Å²) in [5.74, 6) is -0.172. The smallest absolute Gasteiger partial charge is 0.325 e. The minimum Gasteiger partial charge on any atom is -0.464 e. The Kier molecular flexibility index (Phi) is 10.2. The van der Waals surface area contributed by atoms with Crippen molar-refractivity contribution < 1.29 is 23.9 Å². The van der Waals surface area contributed by atoms with Crippen LogP contribution in [0.15, 0.2) is 41.9 Å². The summed E-state index contributed by atoms with van der Waals surface area (Å²) in [7, 11) is 3.92. The summed E-state index contributed by atoms with van der Waals surface area (Å²) in [6, 6.07) is 10.0. The molecule has 8 bridgehead atoms. The largest absolute Gasteiger partial charge is 0.464 e. The summed E-state index contributed by atoms with van der Waals surface area (Å²) < 4.78 is 14.7. The zero-order chi connectivity index (χ0) is 42.5. The molecule has 3 saturated heterocycles. The number of nitrogens with zero attached hydrogens (tertiary/aromatic N) is 5. The third-order valence-corrected chi connectivity index (χ3v) is 16.2. The van der Waals surface area contributed by atoms with Crippen molar-refractivity contribution in [3.8, 4) is 22.4 Å². The fraction of sp³-hybridized carbons (Fsp3) is 0.583. The molecule has 5 atom stereocenters. The van der Waals surface area contributed by atoms with Crippen molar-refractivity contribution in [2.45, 2.75) is 109 Å². The van der Waals surface area contributed by atoms with Gasteiger partial charge in [-0.2, -0.15) is 0 Å². The number of aromatic nitrogens is 2. The van der Waals surface area contributed by atoms with E-state index in [0.29, 0.717) is 12.3 Å². The average Bonchev–Trinajstić information content (AvgIpc) is 4.12. The normalized spacial score (nSPS) is 28.6. The number of hydrogen-bond acceptors (Lipinski definition) is 10. The van der Waals surface area contributed by atoms with Gasteiger partial charge in [-0.15, -0.1) is 11.3 Å². The molecule has 1 unspecified atom stereocenters. The van der Waals surface area contributed by atoms with Crippen molar-refractivity contribution in [3.05, 3.63) is 58.0 Å². The Hall–Kier alpha value is -4.30. The molecule has 4 aromatic rings. The van der Waals surface area contributed by atoms with Gasteiger partial charge in [0.2, 0.25) is 5.91 Å². The zero-order valence-electron chi connectivity index (χ0n) is 36.8. The second-order valence-corrected chi connectivity index (χ2v) is 20.8. The topological polar surface area (TPSA) is 121 Å². The fourth-order valence-electron chi connectivity index (χ4n) is 10.7. The van der Waals surface area contributed by atoms with Crippen LogP contribution in [0.5, 0.6) is 0 Å². The summed E-state index contributed by atoms with van der Waals surface area (Å²) in [6.07, 6.45) is 6.35. The first-order valence-corrected chi connectivity index (χ1v) is 23.4. The van der Waals surface area contributed by atoms with Crippen molar-refractivity contribution in [1.82, 2.24) is 30.2 Å². The van der Waals surface area contributed by atoms with Gasteiger partial charge < -0.3 is 29.2 Å². The maximum absolute atomic E-state index is 14.8. The number of likely N-dealkylation sites (N-methyl/N-ethyl adjacent to an activating group) is 1. The summed E-state index contributed by atoms with van der Waals surface area (Å²) in [6.45, 7) is 15.5. The second kappa shape index (κ2) is 15.2. The van der Waals surface area contributed by atoms with Crippen LogP contribution in [0.2, 0.25) is 0 Å². The lowest BCUT2D eigenvalue weighted by molar-refractivity contribution is -0.171. The van der Waals surface area contributed by atoms with Gasteiger partial charge in [0.15, 0.2) is 0 Å². The van der Waals surface area contributed by atoms with Crippen LogP contribution in [-0.2, 0) is 42.2 Å². The van der Waals surface area contributed by atoms with Gasteiger partial charge in [-0.05, 0) is 118 Å². The molecule has 3 aromatic heterocycles. The van der Waals surface area contributed by atoms with Gasteiger partial charge in [0.25, 0.3) is 5.91 Å². The summed E-state index contributed by atoms with van der Waals surface area (Å²) in [5.41, 5.74) is 11.1. The Labute approximate surface area is 363 Å². The molecule has 1 spiro atoms. The molecule has 7 aliphatic rings. The van der Waals surface area contributed by atoms with E-state index in [1.54, 1.807) is 23.5 Å². The van der Waals surface area contributed by atoms with E-state index in [1.807, 2.05) is 6.20 Å². The standard InChI is InChI=1S/C48H61N7O5S/c1-8-54-38-10-9-29-20-35(38)37(42(54)36-22-33(24-49-40(36)28(3)59-7)53-15-13-52(6)14-16-53)23-47(4,5)26-60-46(58)41-30-18-32(19-30)55(51-41)45(57)43(50-44(56)34-17-27(34)2)48(11-12-48)39-21-31(29)25-61-39/h9-10,20-22,24-25,27-28,30,32,34,41,43,51H,8,11-19,23,26H2,1-7H3,(H,50,56)/t27-,28-,30?,32?,34?,41-,43+/m0/s1. The molecular weight excluding hydrogens is 787 g/mol. The fourth-order valence-corrected chi connectivity index (χ4v) is 11.9. The highest BCUT2D eigenvalue weighted by atomic mass is 32.1. The molecule has 1 aromatic carbocycles. The van der Waals surface area contributed by atoms with Gasteiger partial charge in [-0.1, -0.05) is 26.8 Å². The minimum absolute atomic E-state index is 0.0151. The van der Waals surface area contributed by atoms with Gasteiger partial charge in [-0.25, -0.2) is 5.43 Å². The van der Waals surface area contributed by atoms with Gasteiger partial charge in [-0.3, -0.25) is 24.4 Å². The zero-order valence-corrected chi connectivity index (χ0v) is 37.6. The summed E-state index contributed by atoms with van der Waals surface area (Å²) in [4.78, 5) is 53.8. The third kappa shape index (κ3) is 7.07. The molecule has 13 heteroatoms. The molecular formula is C48H61N7O5S. The number of methoxy groups -OCH3 is 1. The molecule has 3 saturated carbocycles. The van der Waals surface area contributed by atoms with Gasteiger partial charge in [0, 0.05) is 84.0 Å². The summed E-state index contributed by atoms with van der Waals surface area (Å²) in [5, 5.41) is 8.36. The number of fused-ring (bicyclic) bond motifs is 5. The van der Waals surface area contributed by atoms with E-state index in [2.05, 4.69) is 102 Å². The molecule has 4 aliphatic heterocycles. The molecule has 7 heterocycles. The minimum atomic E-state index is -0.729. The Morgan fingerprint density at radius 2 is 1.84 bits per heavy atom. The molecule has 11 rings (SSSR count). The van der Waals surface area contributed by atoms with Crippen LogP contribution < -0.4 is 15.6 Å². The Morgan fingerprint density at radius 3 is 2.52 bits per heavy atom. The molecule has 12 nitrogen and oxygen atoms in total. The van der Waals surface area contributed by atoms with Gasteiger partial charge in [0.05, 0.1) is 36.0 Å². The van der Waals surface area contributed by atoms with Gasteiger partial charge >= 0.3 is 5.97 Å². The lowest BCUT2D eigenvalue weighted by Crippen LogP contribution is -2.72. The van der Waals surface area contributed by atoms with Crippen molar-refractivity contribution in [1.29, 1.82) is 0 Å². The molecule has 324 valence electrons. The van der Waals surface area contributed by atoms with Crippen molar-refractivity contribution in [3.63, 3.8) is 0 Å². The number of aryl methyl sites for hydroxylation is 1. The highest BCUT2D eigenvalue weighted by Crippen LogP contribution is 2.55. The molecule has 2 N–H and O–H groups in total. The lowest BCUT2D eigenvalue weighted by atomic mass is 9.72. The Balaban J connectivity index is 1.13. The number of thiophene rings is 1. The molecule has 0 radical (unpaired) electrons. The number of esters is 1. The number of hydrazine groups is 1. The number of carbonyl (C=O) groups is 3. The molecule has 2 amide bonds. The second-order valence-electron chi connectivity index (χ2n) is 19.9. The van der Waals surface area contributed by atoms with E-state index < -0.39 is 22.9 Å². The van der Waals surface area contributed by atoms with Crippen molar-refractivity contribution in [2.75, 3.05) is 51.8 Å². The first kappa shape index (κ1) is 40.8. The highest BCUT2D eigenvalue weighted by Gasteiger charge is 2.60. The third-order valence-electron chi connectivity index (χ3n) is 15.0. The van der Waals surface area contributed by atoms with Crippen LogP contribution >= 0.6 is 11.3 Å². The van der Waals surface area contributed by atoms with Gasteiger partial charge in [0.1, 0.15) is 12.1 Å². The average molecular weight is 848 g/mol. The SMILES string of the molecule is CCn1c(-c2cc(N3CCN(C)CC3)cnc2[C@H](C)OC)c2c3cc(ccc31)-c1csc(c1)C1(CC1)[C@H](NC(=O)C1C[C@@H]1C)C(=O)N1N[C@H](C(=O)OCC(C)(C)C2)C2CC1C2. The predicted octanol–water partition coefficient (Wildman–Crippen LogP) is 6.70. The monoisotopic (exact) mass is 847 g/mol. The van der Waals surface area contributed by atoms with E-state index >= 15 is 0 Å². The van der Waals surface area contributed by atoms with E-state index in [9.17, 15) is 14.4 Å². The van der Waals surface area contributed by atoms with Crippen LogP contribution in [-0.4, -0.2) is 102 Å². The number of anilines is 1. The van der Waals surface area contributed by atoms with E-state index in [1.165, 1.54) is 5.56 Å². The number of amides is 2. The number of cyclic esters (lactones) is 1. The van der Waals surface area contributed by atoms with Crippen molar-refractivity contribution >= 4 is 45.7 Å². The number of hydrogen-bond donors (Lipinski definition) is 2. The number of benzene rings is 1. The highest BCUT2D eigenvalue weighted by molar-refractivity contribution is 7.10. The first-order chi connectivity index (χ1) is 29.3. The quantitative estimate of drug-likeness (QED) is 0.196. The number of pyridine rings is 1. The first-order valence-electron chi connectivity index (χ1n) is 22.6. The molecule has 6 fully saturated rings. The van der Waals surface area contributed by atoms with Crippen LogP contribution in [0.1, 0.15) is 89.0 Å². The van der Waals surface area contributed by atoms with E-state index in [4.69, 9.17) is 14.5 Å². The van der Waals surface area contributed by atoms with Crippen LogP contribution in [0.4, 0.5) is 5.69 Å². The number of carbonyl (C=O) groups excluding carboxylic acids is 3. The Bertz CT molecular complexity index is 2390. The predicted molar refractivity (Wildman–Crippen MR) is 238 cm³/mol. The maximum atomic E-state index is 14.8. The van der Waals surface area contributed by atoms with Crippen LogP contribution in [0.3, 0.4) is 0 Å². The number of rotatable bonds is 7. The molecule has 61 heavy (non-hydrogen) atoms. The number of ether oxygens (including phenoxy) is 2. The Morgan fingerprint density at radius 1 is 1.08 bits per heavy atom. The maximum Gasteiger partial charge on any atom is 0.325 e. The lowest BCUT2D eigenvalue weighted by Gasteiger charge is -2.53. The number of nitrogens with one attached hydrogen (secondary N) is 2. The summed E-state index contributed by atoms with van der Waals surface area (Å²) >= 11 is 1.68. The van der Waals surface area contributed by atoms with Crippen LogP contribution in [0.25, 0.3) is 33.3 Å². The van der Waals surface area contributed by atoms with Crippen molar-refractivity contribution in [2.24, 2.45) is 23.2 Å². The van der Waals surface area contributed by atoms with E-state index in [-0.39, 0.29) is 48.4 Å². The number of piperazine rings is 1. The van der Waals surface area contributed by atoms with E-state index in [0.717, 1.165) is 114 Å². The molecule has 3 aliphatic carbocycles.